The van der Waals surface area contributed by atoms with Gasteiger partial charge in [0.25, 0.3) is 0 Å². The van der Waals surface area contributed by atoms with Gasteiger partial charge in [0.1, 0.15) is 0 Å². The molecule has 0 bridgehead atoms. The Morgan fingerprint density at radius 3 is 2.53 bits per heavy atom. The van der Waals surface area contributed by atoms with Gasteiger partial charge < -0.3 is 15.1 Å². The minimum Gasteiger partial charge on any atom is -0.478 e. The smallest absolute Gasteiger partial charge is 0.328 e. The molecule has 0 spiro atoms. The highest BCUT2D eigenvalue weighted by atomic mass is 16.4. The Morgan fingerprint density at radius 2 is 1.82 bits per heavy atom. The first kappa shape index (κ1) is 10.9. The van der Waals surface area contributed by atoms with E-state index < -0.39 is 11.8 Å². The van der Waals surface area contributed by atoms with E-state index >= 15 is 0 Å². The maximum atomic E-state index is 11.5. The van der Waals surface area contributed by atoms with E-state index in [1.165, 1.54) is 12.1 Å². The van der Waals surface area contributed by atoms with E-state index in [0.29, 0.717) is 16.6 Å². The van der Waals surface area contributed by atoms with Crippen LogP contribution in [0, 0.1) is 0 Å². The number of carboxylic acids is 1. The number of rotatable bonds is 3. The molecule has 3 N–H and O–H groups in total. The number of benzene rings is 1. The number of nitrogens with one attached hydrogen (secondary N) is 2. The summed E-state index contributed by atoms with van der Waals surface area (Å²) in [7, 11) is 0. The standard InChI is InChI=1S/C11H8N2O4/c14-9(3-4-10(15)16)6-1-2-7-8(5-6)13-11(17)12-7/h1-5H,(H,15,16)(H2,12,13,17). The highest BCUT2D eigenvalue weighted by Gasteiger charge is 2.05. The van der Waals surface area contributed by atoms with Gasteiger partial charge in [-0.1, -0.05) is 0 Å². The van der Waals surface area contributed by atoms with Crippen LogP contribution < -0.4 is 5.69 Å². The second-order valence-corrected chi connectivity index (χ2v) is 3.38. The molecule has 0 atom stereocenters. The number of aromatic nitrogens is 2. The molecule has 1 heterocycles. The molecule has 17 heavy (non-hydrogen) atoms. The molecular weight excluding hydrogens is 224 g/mol. The predicted molar refractivity (Wildman–Crippen MR) is 60.0 cm³/mol. The van der Waals surface area contributed by atoms with Gasteiger partial charge in [0.05, 0.1) is 11.0 Å². The van der Waals surface area contributed by atoms with Crippen LogP contribution in [0.5, 0.6) is 0 Å². The number of carbonyl (C=O) groups is 2. The van der Waals surface area contributed by atoms with Gasteiger partial charge >= 0.3 is 11.7 Å². The van der Waals surface area contributed by atoms with Crippen LogP contribution in [-0.2, 0) is 4.79 Å². The molecule has 1 aromatic heterocycles. The van der Waals surface area contributed by atoms with E-state index in [9.17, 15) is 14.4 Å². The quantitative estimate of drug-likeness (QED) is 0.534. The van der Waals surface area contributed by atoms with E-state index in [0.717, 1.165) is 12.2 Å². The third-order valence-electron chi connectivity index (χ3n) is 2.18. The first-order chi connectivity index (χ1) is 8.06. The van der Waals surface area contributed by atoms with Gasteiger partial charge in [-0.25, -0.2) is 9.59 Å². The molecule has 0 unspecified atom stereocenters. The number of hydrogen-bond acceptors (Lipinski definition) is 3. The van der Waals surface area contributed by atoms with Gasteiger partial charge in [-0.3, -0.25) is 4.79 Å². The summed E-state index contributed by atoms with van der Waals surface area (Å²) in [6, 6.07) is 4.58. The van der Waals surface area contributed by atoms with E-state index in [-0.39, 0.29) is 5.69 Å². The first-order valence-electron chi connectivity index (χ1n) is 4.73. The fraction of sp³-hybridized carbons (Fsp3) is 0. The Kier molecular flexibility index (Phi) is 2.61. The highest BCUT2D eigenvalue weighted by Crippen LogP contribution is 2.11. The molecular formula is C11H8N2O4. The molecule has 0 aliphatic heterocycles. The topological polar surface area (TPSA) is 103 Å². The van der Waals surface area contributed by atoms with Crippen LogP contribution in [0.15, 0.2) is 35.1 Å². The summed E-state index contributed by atoms with van der Waals surface area (Å²) >= 11 is 0. The van der Waals surface area contributed by atoms with Crippen molar-refractivity contribution in [3.05, 3.63) is 46.4 Å². The van der Waals surface area contributed by atoms with Gasteiger partial charge in [-0.05, 0) is 24.3 Å². The minimum absolute atomic E-state index is 0.310. The Bertz CT molecular complexity index is 678. The molecule has 0 saturated heterocycles. The average Bonchev–Trinajstić information content (AvgIpc) is 2.64. The van der Waals surface area contributed by atoms with Crippen LogP contribution in [0.4, 0.5) is 0 Å². The highest BCUT2D eigenvalue weighted by molar-refractivity contribution is 6.08. The number of fused-ring (bicyclic) bond motifs is 1. The summed E-state index contributed by atoms with van der Waals surface area (Å²) in [5, 5.41) is 8.39. The predicted octanol–water partition coefficient (Wildman–Crippen LogP) is 0.680. The van der Waals surface area contributed by atoms with Crippen molar-refractivity contribution in [1.82, 2.24) is 9.97 Å². The minimum atomic E-state index is -1.19. The van der Waals surface area contributed by atoms with Crippen molar-refractivity contribution in [2.45, 2.75) is 0 Å². The summed E-state index contributed by atoms with van der Waals surface area (Å²) in [5.74, 6) is -1.62. The molecule has 0 fully saturated rings. The summed E-state index contributed by atoms with van der Waals surface area (Å²) in [4.78, 5) is 37.9. The normalized spacial score (nSPS) is 11.1. The Balaban J connectivity index is 2.39. The molecule has 6 nitrogen and oxygen atoms in total. The van der Waals surface area contributed by atoms with E-state index in [1.807, 2.05) is 0 Å². The molecule has 0 aliphatic carbocycles. The largest absolute Gasteiger partial charge is 0.478 e. The third-order valence-corrected chi connectivity index (χ3v) is 2.18. The van der Waals surface area contributed by atoms with Gasteiger partial charge in [0.15, 0.2) is 5.78 Å². The van der Waals surface area contributed by atoms with Crippen molar-refractivity contribution in [1.29, 1.82) is 0 Å². The number of allylic oxidation sites excluding steroid dienone is 1. The summed E-state index contributed by atoms with van der Waals surface area (Å²) in [6.45, 7) is 0. The lowest BCUT2D eigenvalue weighted by atomic mass is 10.1. The van der Waals surface area contributed by atoms with Gasteiger partial charge in [0.2, 0.25) is 0 Å². The lowest BCUT2D eigenvalue weighted by Gasteiger charge is -1.95. The number of ketones is 1. The van der Waals surface area contributed by atoms with Crippen LogP contribution in [0.25, 0.3) is 11.0 Å². The van der Waals surface area contributed by atoms with Gasteiger partial charge in [-0.2, -0.15) is 0 Å². The number of H-pyrrole nitrogens is 2. The Hall–Kier alpha value is -2.63. The SMILES string of the molecule is O=C(O)C=CC(=O)c1ccc2[nH]c(=O)[nH]c2c1. The molecule has 1 aromatic carbocycles. The second kappa shape index (κ2) is 4.09. The molecule has 0 radical (unpaired) electrons. The number of aromatic amines is 2. The fourth-order valence-electron chi connectivity index (χ4n) is 1.43. The maximum Gasteiger partial charge on any atom is 0.328 e. The number of carbonyl (C=O) groups excluding carboxylic acids is 1. The maximum absolute atomic E-state index is 11.5. The summed E-state index contributed by atoms with van der Waals surface area (Å²) in [6.07, 6.45) is 1.74. The van der Waals surface area contributed by atoms with Crippen LogP contribution in [0.3, 0.4) is 0 Å². The van der Waals surface area contributed by atoms with Crippen molar-refractivity contribution in [2.75, 3.05) is 0 Å². The van der Waals surface area contributed by atoms with Crippen LogP contribution in [0.1, 0.15) is 10.4 Å². The molecule has 2 rings (SSSR count). The number of imidazole rings is 1. The van der Waals surface area contributed by atoms with Crippen molar-refractivity contribution >= 4 is 22.8 Å². The van der Waals surface area contributed by atoms with E-state index in [1.54, 1.807) is 6.07 Å². The van der Waals surface area contributed by atoms with Crippen LogP contribution >= 0.6 is 0 Å². The Labute approximate surface area is 94.6 Å². The van der Waals surface area contributed by atoms with E-state index in [4.69, 9.17) is 5.11 Å². The van der Waals surface area contributed by atoms with Gasteiger partial charge in [-0.15, -0.1) is 0 Å². The van der Waals surface area contributed by atoms with Crippen molar-refractivity contribution in [2.24, 2.45) is 0 Å². The van der Waals surface area contributed by atoms with Gasteiger partial charge in [0, 0.05) is 11.6 Å². The van der Waals surface area contributed by atoms with Crippen LogP contribution in [-0.4, -0.2) is 26.8 Å². The van der Waals surface area contributed by atoms with Crippen molar-refractivity contribution < 1.29 is 14.7 Å². The molecule has 6 heteroatoms. The molecule has 2 aromatic rings. The lowest BCUT2D eigenvalue weighted by Crippen LogP contribution is -1.99. The third kappa shape index (κ3) is 2.31. The average molecular weight is 232 g/mol. The molecule has 0 aliphatic rings. The zero-order valence-corrected chi connectivity index (χ0v) is 8.56. The molecule has 86 valence electrons. The first-order valence-corrected chi connectivity index (χ1v) is 4.73. The number of aliphatic carboxylic acids is 1. The lowest BCUT2D eigenvalue weighted by molar-refractivity contribution is -0.131. The molecule has 0 saturated carbocycles. The fourth-order valence-corrected chi connectivity index (χ4v) is 1.43. The van der Waals surface area contributed by atoms with Crippen molar-refractivity contribution in [3.8, 4) is 0 Å². The number of hydrogen-bond donors (Lipinski definition) is 3. The monoisotopic (exact) mass is 232 g/mol. The van der Waals surface area contributed by atoms with E-state index in [2.05, 4.69) is 9.97 Å². The van der Waals surface area contributed by atoms with Crippen LogP contribution in [0.2, 0.25) is 0 Å². The Morgan fingerprint density at radius 1 is 1.12 bits per heavy atom. The zero-order chi connectivity index (χ0) is 12.4. The summed E-state index contributed by atoms with van der Waals surface area (Å²) in [5.41, 5.74) is 1.05. The number of carboxylic acid groups (broad SMARTS) is 1. The zero-order valence-electron chi connectivity index (χ0n) is 8.56. The van der Waals surface area contributed by atoms with Crippen molar-refractivity contribution in [3.63, 3.8) is 0 Å². The summed E-state index contributed by atoms with van der Waals surface area (Å²) < 4.78 is 0. The second-order valence-electron chi connectivity index (χ2n) is 3.38. The molecule has 0 amide bonds.